The summed E-state index contributed by atoms with van der Waals surface area (Å²) in [6.07, 6.45) is 7.00. The monoisotopic (exact) mass is 233 g/mol. The molecule has 1 aromatic rings. The second-order valence-electron chi connectivity index (χ2n) is 4.45. The van der Waals surface area contributed by atoms with E-state index in [2.05, 4.69) is 10.3 Å². The molecule has 0 aliphatic heterocycles. The first-order valence-electron chi connectivity index (χ1n) is 6.24. The topological polar surface area (TPSA) is 45.2 Å². The van der Waals surface area contributed by atoms with Gasteiger partial charge in [0.2, 0.25) is 0 Å². The number of aromatic nitrogens is 1. The molecule has 1 aromatic heterocycles. The highest BCUT2D eigenvalue weighted by Crippen LogP contribution is 2.18. The van der Waals surface area contributed by atoms with Crippen LogP contribution in [0, 0.1) is 0 Å². The number of rotatable bonds is 4. The van der Waals surface area contributed by atoms with Gasteiger partial charge in [-0.2, -0.15) is 0 Å². The van der Waals surface area contributed by atoms with Crippen molar-refractivity contribution < 1.29 is 4.79 Å². The number of carbonyl (C=O) groups is 1. The predicted molar refractivity (Wildman–Crippen MR) is 66.5 cm³/mol. The Labute approximate surface area is 102 Å². The highest BCUT2D eigenvalue weighted by atomic mass is 16.2. The molecule has 0 aromatic carbocycles. The van der Waals surface area contributed by atoms with Crippen LogP contribution in [0.4, 0.5) is 4.79 Å². The first-order chi connectivity index (χ1) is 8.29. The first-order valence-corrected chi connectivity index (χ1v) is 6.24. The molecule has 0 radical (unpaired) electrons. The second-order valence-corrected chi connectivity index (χ2v) is 4.45. The molecule has 1 heterocycles. The van der Waals surface area contributed by atoms with E-state index < -0.39 is 0 Å². The van der Waals surface area contributed by atoms with E-state index in [1.54, 1.807) is 12.4 Å². The van der Waals surface area contributed by atoms with E-state index in [0.717, 1.165) is 24.9 Å². The van der Waals surface area contributed by atoms with Crippen molar-refractivity contribution in [2.24, 2.45) is 0 Å². The fraction of sp³-hybridized carbons (Fsp3) is 0.538. The van der Waals surface area contributed by atoms with Gasteiger partial charge in [0.1, 0.15) is 0 Å². The molecule has 0 spiro atoms. The van der Waals surface area contributed by atoms with E-state index in [0.29, 0.717) is 12.6 Å². The molecule has 1 fully saturated rings. The maximum Gasteiger partial charge on any atom is 0.317 e. The first kappa shape index (κ1) is 11.9. The number of carbonyl (C=O) groups excluding carboxylic acids is 1. The molecule has 2 rings (SSSR count). The van der Waals surface area contributed by atoms with E-state index in [9.17, 15) is 4.79 Å². The fourth-order valence-electron chi connectivity index (χ4n) is 1.85. The Morgan fingerprint density at radius 2 is 2.18 bits per heavy atom. The summed E-state index contributed by atoms with van der Waals surface area (Å²) in [4.78, 5) is 17.8. The minimum atomic E-state index is 0.0500. The molecule has 1 N–H and O–H groups in total. The summed E-state index contributed by atoms with van der Waals surface area (Å²) < 4.78 is 0. The molecule has 17 heavy (non-hydrogen) atoms. The molecule has 4 heteroatoms. The van der Waals surface area contributed by atoms with E-state index in [-0.39, 0.29) is 6.03 Å². The third kappa shape index (κ3) is 3.19. The molecule has 1 aliphatic carbocycles. The van der Waals surface area contributed by atoms with Gasteiger partial charge in [0, 0.05) is 31.5 Å². The summed E-state index contributed by atoms with van der Waals surface area (Å²) in [6, 6.07) is 4.33. The van der Waals surface area contributed by atoms with Crippen LogP contribution in [0.1, 0.15) is 31.7 Å². The van der Waals surface area contributed by atoms with E-state index in [4.69, 9.17) is 0 Å². The summed E-state index contributed by atoms with van der Waals surface area (Å²) in [7, 11) is 0. The summed E-state index contributed by atoms with van der Waals surface area (Å²) in [5.41, 5.74) is 1.12. The third-order valence-electron chi connectivity index (χ3n) is 3.22. The Hall–Kier alpha value is -1.58. The summed E-state index contributed by atoms with van der Waals surface area (Å²) in [5, 5.41) is 3.06. The molecule has 2 amide bonds. The van der Waals surface area contributed by atoms with E-state index >= 15 is 0 Å². The van der Waals surface area contributed by atoms with Crippen LogP contribution >= 0.6 is 0 Å². The zero-order chi connectivity index (χ0) is 12.1. The van der Waals surface area contributed by atoms with Gasteiger partial charge in [-0.05, 0) is 43.9 Å². The van der Waals surface area contributed by atoms with Gasteiger partial charge in [0.05, 0.1) is 0 Å². The smallest absolute Gasteiger partial charge is 0.317 e. The molecule has 0 bridgehead atoms. The Balaban J connectivity index is 1.89. The lowest BCUT2D eigenvalue weighted by molar-refractivity contribution is 0.186. The lowest BCUT2D eigenvalue weighted by Crippen LogP contribution is -2.46. The Kier molecular flexibility index (Phi) is 3.96. The van der Waals surface area contributed by atoms with Gasteiger partial charge in [0.15, 0.2) is 0 Å². The maximum absolute atomic E-state index is 12.0. The fourth-order valence-corrected chi connectivity index (χ4v) is 1.85. The summed E-state index contributed by atoms with van der Waals surface area (Å²) in [6.45, 7) is 3.37. The predicted octanol–water partition coefficient (Wildman–Crippen LogP) is 2.17. The van der Waals surface area contributed by atoms with Crippen molar-refractivity contribution >= 4 is 6.03 Å². The quantitative estimate of drug-likeness (QED) is 0.866. The molecule has 0 unspecified atom stereocenters. The number of hydrogen-bond acceptors (Lipinski definition) is 2. The van der Waals surface area contributed by atoms with Gasteiger partial charge in [0.25, 0.3) is 0 Å². The van der Waals surface area contributed by atoms with Crippen LogP contribution in [0.3, 0.4) is 0 Å². The Morgan fingerprint density at radius 1 is 1.47 bits per heavy atom. The minimum absolute atomic E-state index is 0.0500. The minimum Gasteiger partial charge on any atom is -0.335 e. The van der Waals surface area contributed by atoms with Crippen LogP contribution in [0.5, 0.6) is 0 Å². The van der Waals surface area contributed by atoms with Crippen molar-refractivity contribution in [3.05, 3.63) is 30.1 Å². The third-order valence-corrected chi connectivity index (χ3v) is 3.22. The SMILES string of the molecule is CCN(Cc1ccncc1)C(=O)NC1CCC1. The molecular formula is C13H19N3O. The van der Waals surface area contributed by atoms with Gasteiger partial charge in [-0.25, -0.2) is 4.79 Å². The van der Waals surface area contributed by atoms with Crippen molar-refractivity contribution in [3.8, 4) is 0 Å². The zero-order valence-electron chi connectivity index (χ0n) is 10.2. The van der Waals surface area contributed by atoms with Gasteiger partial charge >= 0.3 is 6.03 Å². The van der Waals surface area contributed by atoms with E-state index in [1.807, 2.05) is 24.0 Å². The molecule has 1 saturated carbocycles. The lowest BCUT2D eigenvalue weighted by atomic mass is 9.93. The average Bonchev–Trinajstić information content (AvgIpc) is 2.32. The molecular weight excluding hydrogens is 214 g/mol. The normalized spacial score (nSPS) is 15.1. The molecule has 0 atom stereocenters. The van der Waals surface area contributed by atoms with Crippen molar-refractivity contribution in [1.82, 2.24) is 15.2 Å². The van der Waals surface area contributed by atoms with Gasteiger partial charge in [-0.3, -0.25) is 4.98 Å². The molecule has 4 nitrogen and oxygen atoms in total. The standard InChI is InChI=1S/C13H19N3O/c1-2-16(10-11-6-8-14-9-7-11)13(17)15-12-4-3-5-12/h6-9,12H,2-5,10H2,1H3,(H,15,17). The zero-order valence-corrected chi connectivity index (χ0v) is 10.2. The van der Waals surface area contributed by atoms with Crippen molar-refractivity contribution in [3.63, 3.8) is 0 Å². The van der Waals surface area contributed by atoms with Crippen molar-refractivity contribution in [1.29, 1.82) is 0 Å². The second kappa shape index (κ2) is 5.66. The lowest BCUT2D eigenvalue weighted by Gasteiger charge is -2.30. The molecule has 1 aliphatic rings. The average molecular weight is 233 g/mol. The molecule has 92 valence electrons. The summed E-state index contributed by atoms with van der Waals surface area (Å²) in [5.74, 6) is 0. The highest BCUT2D eigenvalue weighted by Gasteiger charge is 2.21. The van der Waals surface area contributed by atoms with Crippen LogP contribution in [0.15, 0.2) is 24.5 Å². The number of nitrogens with one attached hydrogen (secondary N) is 1. The van der Waals surface area contributed by atoms with Crippen molar-refractivity contribution in [2.45, 2.75) is 38.8 Å². The van der Waals surface area contributed by atoms with Gasteiger partial charge in [-0.15, -0.1) is 0 Å². The van der Waals surface area contributed by atoms with Gasteiger partial charge < -0.3 is 10.2 Å². The van der Waals surface area contributed by atoms with Crippen LogP contribution < -0.4 is 5.32 Å². The number of hydrogen-bond donors (Lipinski definition) is 1. The van der Waals surface area contributed by atoms with Crippen LogP contribution in [-0.2, 0) is 6.54 Å². The number of pyridine rings is 1. The van der Waals surface area contributed by atoms with Crippen LogP contribution in [0.2, 0.25) is 0 Å². The van der Waals surface area contributed by atoms with Crippen LogP contribution in [0.25, 0.3) is 0 Å². The number of amides is 2. The number of nitrogens with zero attached hydrogens (tertiary/aromatic N) is 2. The van der Waals surface area contributed by atoms with Crippen molar-refractivity contribution in [2.75, 3.05) is 6.54 Å². The Morgan fingerprint density at radius 3 is 2.71 bits per heavy atom. The Bertz CT molecular complexity index is 362. The maximum atomic E-state index is 12.0. The highest BCUT2D eigenvalue weighted by molar-refractivity contribution is 5.74. The van der Waals surface area contributed by atoms with Crippen LogP contribution in [-0.4, -0.2) is 28.5 Å². The summed E-state index contributed by atoms with van der Waals surface area (Å²) >= 11 is 0. The largest absolute Gasteiger partial charge is 0.335 e. The molecule has 0 saturated heterocycles. The van der Waals surface area contributed by atoms with E-state index in [1.165, 1.54) is 6.42 Å². The number of urea groups is 1. The van der Waals surface area contributed by atoms with Gasteiger partial charge in [-0.1, -0.05) is 0 Å².